The Kier molecular flexibility index (Phi) is 4.79. The molecule has 0 saturated heterocycles. The molecule has 0 fully saturated rings. The maximum atomic E-state index is 11.3. The van der Waals surface area contributed by atoms with E-state index in [-0.39, 0.29) is 11.3 Å². The minimum absolute atomic E-state index is 0.131. The fourth-order valence-electron chi connectivity index (χ4n) is 2.41. The van der Waals surface area contributed by atoms with Gasteiger partial charge in [0.1, 0.15) is 11.4 Å². The van der Waals surface area contributed by atoms with Crippen molar-refractivity contribution >= 4 is 21.8 Å². The first kappa shape index (κ1) is 15.7. The number of sulfonamides is 1. The van der Waals surface area contributed by atoms with Gasteiger partial charge >= 0.3 is 5.97 Å². The number of aromatic nitrogens is 1. The lowest BCUT2D eigenvalue weighted by Crippen LogP contribution is -2.20. The third kappa shape index (κ3) is 4.40. The Bertz CT molecular complexity index is 643. The highest BCUT2D eigenvalue weighted by atomic mass is 32.2. The van der Waals surface area contributed by atoms with E-state index in [4.69, 9.17) is 5.14 Å². The lowest BCUT2D eigenvalue weighted by Gasteiger charge is -2.18. The van der Waals surface area contributed by atoms with Crippen molar-refractivity contribution in [1.29, 1.82) is 0 Å². The second kappa shape index (κ2) is 6.40. The molecule has 0 saturated carbocycles. The van der Waals surface area contributed by atoms with Crippen LogP contribution < -0.4 is 10.5 Å². The first-order valence-corrected chi connectivity index (χ1v) is 8.59. The zero-order valence-electron chi connectivity index (χ0n) is 11.6. The average Bonchev–Trinajstić information content (AvgIpc) is 2.41. The number of carboxylic acid groups (broad SMARTS) is 1. The van der Waals surface area contributed by atoms with Crippen LogP contribution in [0.3, 0.4) is 0 Å². The van der Waals surface area contributed by atoms with Gasteiger partial charge in [-0.2, -0.15) is 0 Å². The van der Waals surface area contributed by atoms with Crippen molar-refractivity contribution in [3.63, 3.8) is 0 Å². The van der Waals surface area contributed by atoms with Gasteiger partial charge in [-0.3, -0.25) is 0 Å². The number of aromatic carboxylic acids is 1. The van der Waals surface area contributed by atoms with Crippen LogP contribution in [0.4, 0.5) is 5.82 Å². The van der Waals surface area contributed by atoms with Gasteiger partial charge in [-0.05, 0) is 43.7 Å². The number of nitrogens with zero attached hydrogens (tertiary/aromatic N) is 1. The third-order valence-electron chi connectivity index (χ3n) is 3.43. The van der Waals surface area contributed by atoms with Gasteiger partial charge in [0, 0.05) is 12.2 Å². The molecular formula is C13H19N3O4S. The highest BCUT2D eigenvalue weighted by molar-refractivity contribution is 7.89. The van der Waals surface area contributed by atoms with Crippen LogP contribution in [0, 0.1) is 0 Å². The molecule has 0 bridgehead atoms. The van der Waals surface area contributed by atoms with Gasteiger partial charge in [0.2, 0.25) is 10.0 Å². The summed E-state index contributed by atoms with van der Waals surface area (Å²) in [5.41, 5.74) is 2.06. The second-order valence-electron chi connectivity index (χ2n) is 5.15. The molecule has 1 heterocycles. The molecule has 0 aromatic carbocycles. The maximum absolute atomic E-state index is 11.3. The summed E-state index contributed by atoms with van der Waals surface area (Å²) in [5.74, 6) is -0.879. The summed E-state index contributed by atoms with van der Waals surface area (Å²) in [6.07, 6.45) is 4.11. The smallest absolute Gasteiger partial charge is 0.339 e. The first-order valence-electron chi connectivity index (χ1n) is 6.87. The molecule has 4 N–H and O–H groups in total. The number of primary sulfonamides is 1. The molecule has 21 heavy (non-hydrogen) atoms. The number of hydrogen-bond donors (Lipinski definition) is 3. The van der Waals surface area contributed by atoms with Crippen molar-refractivity contribution in [2.75, 3.05) is 17.6 Å². The molecule has 0 atom stereocenters. The first-order chi connectivity index (χ1) is 9.87. The van der Waals surface area contributed by atoms with Gasteiger partial charge < -0.3 is 10.4 Å². The summed E-state index contributed by atoms with van der Waals surface area (Å²) in [7, 11) is -3.50. The number of anilines is 1. The van der Waals surface area contributed by atoms with Crippen LogP contribution in [0.15, 0.2) is 6.07 Å². The molecule has 2 rings (SSSR count). The standard InChI is InChI=1S/C13H19N3O4S/c14-21(19,20)7-3-6-15-12-10(13(17)18)8-9-4-1-2-5-11(9)16-12/h8H,1-7H2,(H,15,16)(H,17,18)(H2,14,19,20). The van der Waals surface area contributed by atoms with E-state index in [0.29, 0.717) is 18.8 Å². The van der Waals surface area contributed by atoms with E-state index in [0.717, 1.165) is 36.9 Å². The topological polar surface area (TPSA) is 122 Å². The van der Waals surface area contributed by atoms with E-state index in [9.17, 15) is 18.3 Å². The normalized spacial score (nSPS) is 14.5. The quantitative estimate of drug-likeness (QED) is 0.666. The van der Waals surface area contributed by atoms with Crippen molar-refractivity contribution in [3.05, 3.63) is 22.9 Å². The Balaban J connectivity index is 2.12. The number of aryl methyl sites for hydroxylation is 2. The van der Waals surface area contributed by atoms with Crippen molar-refractivity contribution < 1.29 is 18.3 Å². The number of nitrogens with one attached hydrogen (secondary N) is 1. The van der Waals surface area contributed by atoms with E-state index in [1.165, 1.54) is 0 Å². The van der Waals surface area contributed by atoms with Gasteiger partial charge in [0.15, 0.2) is 0 Å². The molecule has 7 nitrogen and oxygen atoms in total. The molecule has 8 heteroatoms. The van der Waals surface area contributed by atoms with E-state index in [1.807, 2.05) is 0 Å². The summed E-state index contributed by atoms with van der Waals surface area (Å²) in [6, 6.07) is 1.67. The highest BCUT2D eigenvalue weighted by Gasteiger charge is 2.18. The largest absolute Gasteiger partial charge is 0.478 e. The van der Waals surface area contributed by atoms with Crippen LogP contribution in [0.1, 0.15) is 40.9 Å². The van der Waals surface area contributed by atoms with Gasteiger partial charge in [0.05, 0.1) is 5.75 Å². The van der Waals surface area contributed by atoms with Crippen LogP contribution in [0.5, 0.6) is 0 Å². The molecule has 1 aromatic heterocycles. The van der Waals surface area contributed by atoms with Crippen molar-refractivity contribution in [2.24, 2.45) is 5.14 Å². The number of rotatable bonds is 6. The predicted molar refractivity (Wildman–Crippen MR) is 78.9 cm³/mol. The van der Waals surface area contributed by atoms with Crippen molar-refractivity contribution in [2.45, 2.75) is 32.1 Å². The Morgan fingerprint density at radius 2 is 2.10 bits per heavy atom. The van der Waals surface area contributed by atoms with Gasteiger partial charge in [0.25, 0.3) is 0 Å². The van der Waals surface area contributed by atoms with E-state index in [2.05, 4.69) is 10.3 Å². The Morgan fingerprint density at radius 1 is 1.38 bits per heavy atom. The molecule has 1 aliphatic rings. The molecule has 1 aliphatic carbocycles. The van der Waals surface area contributed by atoms with Crippen LogP contribution in [0.2, 0.25) is 0 Å². The molecule has 116 valence electrons. The molecule has 0 radical (unpaired) electrons. The number of fused-ring (bicyclic) bond motifs is 1. The van der Waals surface area contributed by atoms with Crippen LogP contribution in [-0.4, -0.2) is 36.8 Å². The maximum Gasteiger partial charge on any atom is 0.339 e. The number of pyridine rings is 1. The lowest BCUT2D eigenvalue weighted by atomic mass is 9.95. The summed E-state index contributed by atoms with van der Waals surface area (Å²) >= 11 is 0. The minimum Gasteiger partial charge on any atom is -0.478 e. The predicted octanol–water partition coefficient (Wildman–Crippen LogP) is 0.749. The summed E-state index contributed by atoms with van der Waals surface area (Å²) in [4.78, 5) is 15.7. The monoisotopic (exact) mass is 313 g/mol. The van der Waals surface area contributed by atoms with Gasteiger partial charge in [-0.1, -0.05) is 0 Å². The van der Waals surface area contributed by atoms with Crippen LogP contribution in [-0.2, 0) is 22.9 Å². The fourth-order valence-corrected chi connectivity index (χ4v) is 2.96. The van der Waals surface area contributed by atoms with Crippen molar-refractivity contribution in [3.8, 4) is 0 Å². The molecule has 0 amide bonds. The lowest BCUT2D eigenvalue weighted by molar-refractivity contribution is 0.0697. The van der Waals surface area contributed by atoms with Gasteiger partial charge in [-0.25, -0.2) is 23.3 Å². The fraction of sp³-hybridized carbons (Fsp3) is 0.538. The number of nitrogens with two attached hydrogens (primary N) is 1. The molecule has 0 spiro atoms. The Hall–Kier alpha value is -1.67. The third-order valence-corrected chi connectivity index (χ3v) is 4.29. The molecule has 0 unspecified atom stereocenters. The second-order valence-corrected chi connectivity index (χ2v) is 6.88. The zero-order chi connectivity index (χ0) is 15.5. The average molecular weight is 313 g/mol. The number of hydrogen-bond acceptors (Lipinski definition) is 5. The summed E-state index contributed by atoms with van der Waals surface area (Å²) in [5, 5.41) is 17.1. The molecular weight excluding hydrogens is 294 g/mol. The minimum atomic E-state index is -3.50. The van der Waals surface area contributed by atoms with E-state index < -0.39 is 16.0 Å². The molecule has 1 aromatic rings. The Labute approximate surface area is 123 Å². The van der Waals surface area contributed by atoms with Crippen LogP contribution in [0.25, 0.3) is 0 Å². The van der Waals surface area contributed by atoms with Crippen molar-refractivity contribution in [1.82, 2.24) is 4.98 Å². The summed E-state index contributed by atoms with van der Waals surface area (Å²) < 4.78 is 21.7. The number of carboxylic acids is 1. The van der Waals surface area contributed by atoms with E-state index >= 15 is 0 Å². The zero-order valence-corrected chi connectivity index (χ0v) is 12.4. The molecule has 0 aliphatic heterocycles. The summed E-state index contributed by atoms with van der Waals surface area (Å²) in [6.45, 7) is 0.308. The Morgan fingerprint density at radius 3 is 2.76 bits per heavy atom. The van der Waals surface area contributed by atoms with Crippen LogP contribution >= 0.6 is 0 Å². The van der Waals surface area contributed by atoms with Gasteiger partial charge in [-0.15, -0.1) is 0 Å². The van der Waals surface area contributed by atoms with E-state index in [1.54, 1.807) is 6.07 Å². The number of carbonyl (C=O) groups is 1. The SMILES string of the molecule is NS(=O)(=O)CCCNc1nc2c(cc1C(=O)O)CCCC2. The highest BCUT2D eigenvalue weighted by Crippen LogP contribution is 2.24.